The average molecular weight is 130 g/mol. The van der Waals surface area contributed by atoms with E-state index in [4.69, 9.17) is 22.6 Å². The van der Waals surface area contributed by atoms with E-state index >= 15 is 0 Å². The second-order valence-corrected chi connectivity index (χ2v) is 1.34. The highest BCUT2D eigenvalue weighted by molar-refractivity contribution is 7.79. The molecule has 0 radical (unpaired) electrons. The zero-order chi connectivity index (χ0) is 6.50. The molecule has 0 aliphatic heterocycles. The quantitative estimate of drug-likeness (QED) is 0.364. The Morgan fingerprint density at radius 1 is 1.14 bits per heavy atom. The van der Waals surface area contributed by atoms with Crippen LogP contribution >= 0.6 is 0 Å². The van der Waals surface area contributed by atoms with E-state index in [1.807, 2.05) is 0 Å². The van der Waals surface area contributed by atoms with E-state index in [0.29, 0.717) is 0 Å². The van der Waals surface area contributed by atoms with Gasteiger partial charge in [0.25, 0.3) is 0 Å². The van der Waals surface area contributed by atoms with Crippen molar-refractivity contribution in [3.8, 4) is 0 Å². The predicted octanol–water partition coefficient (Wildman–Crippen LogP) is -1.04. The first-order chi connectivity index (χ1) is 3.00. The third-order valence-corrected chi connectivity index (χ3v) is 0. The SMILES string of the molecule is CO.O=S(=O)(O)O. The van der Waals surface area contributed by atoms with Crippen LogP contribution in [0.5, 0.6) is 0 Å². The average Bonchev–Trinajstić information content (AvgIpc) is 1.36. The third-order valence-electron chi connectivity index (χ3n) is 0. The first-order valence-electron chi connectivity index (χ1n) is 1.15. The normalized spacial score (nSPS) is 9.14. The van der Waals surface area contributed by atoms with Crippen LogP contribution in [0.2, 0.25) is 0 Å². The molecule has 0 aromatic heterocycles. The van der Waals surface area contributed by atoms with Crippen LogP contribution in [0.15, 0.2) is 0 Å². The Morgan fingerprint density at radius 2 is 1.14 bits per heavy atom. The number of rotatable bonds is 0. The Balaban J connectivity index is 0. The zero-order valence-corrected chi connectivity index (χ0v) is 4.38. The molecule has 3 N–H and O–H groups in total. The van der Waals surface area contributed by atoms with Gasteiger partial charge in [-0.05, 0) is 0 Å². The summed E-state index contributed by atoms with van der Waals surface area (Å²) >= 11 is 0. The van der Waals surface area contributed by atoms with Gasteiger partial charge in [0.2, 0.25) is 0 Å². The first kappa shape index (κ1) is 9.95. The molecule has 6 heteroatoms. The molecule has 0 saturated carbocycles. The maximum Gasteiger partial charge on any atom is 0.394 e. The van der Waals surface area contributed by atoms with Gasteiger partial charge in [-0.2, -0.15) is 8.42 Å². The number of aliphatic hydroxyl groups excluding tert-OH is 1. The van der Waals surface area contributed by atoms with Gasteiger partial charge >= 0.3 is 10.4 Å². The van der Waals surface area contributed by atoms with Crippen molar-refractivity contribution in [3.63, 3.8) is 0 Å². The summed E-state index contributed by atoms with van der Waals surface area (Å²) in [5.74, 6) is 0. The molecular formula is CH6O5S. The molecular weight excluding hydrogens is 124 g/mol. The number of hydrogen-bond acceptors (Lipinski definition) is 3. The molecule has 0 rings (SSSR count). The van der Waals surface area contributed by atoms with E-state index in [2.05, 4.69) is 0 Å². The summed E-state index contributed by atoms with van der Waals surface area (Å²) in [6.45, 7) is 0. The number of aliphatic hydroxyl groups is 1. The van der Waals surface area contributed by atoms with Crippen molar-refractivity contribution in [3.05, 3.63) is 0 Å². The summed E-state index contributed by atoms with van der Waals surface area (Å²) in [7, 11) is -3.67. The van der Waals surface area contributed by atoms with Gasteiger partial charge in [-0.1, -0.05) is 0 Å². The summed E-state index contributed by atoms with van der Waals surface area (Å²) in [6, 6.07) is 0. The van der Waals surface area contributed by atoms with Gasteiger partial charge < -0.3 is 5.11 Å². The minimum absolute atomic E-state index is 1.00. The highest BCUT2D eigenvalue weighted by atomic mass is 32.3. The summed E-state index contributed by atoms with van der Waals surface area (Å²) < 4.78 is 31.6. The molecule has 7 heavy (non-hydrogen) atoms. The van der Waals surface area contributed by atoms with Crippen molar-refractivity contribution >= 4 is 10.4 Å². The van der Waals surface area contributed by atoms with Crippen LogP contribution in [0.25, 0.3) is 0 Å². The fourth-order valence-electron chi connectivity index (χ4n) is 0. The smallest absolute Gasteiger partial charge is 0.394 e. The Labute approximate surface area is 41.2 Å². The molecule has 0 aliphatic carbocycles. The molecule has 46 valence electrons. The Hall–Kier alpha value is -0.170. The lowest BCUT2D eigenvalue weighted by Crippen LogP contribution is -1.89. The fraction of sp³-hybridized carbons (Fsp3) is 1.00. The lowest BCUT2D eigenvalue weighted by molar-refractivity contribution is 0.381. The monoisotopic (exact) mass is 130 g/mol. The van der Waals surface area contributed by atoms with Crippen LogP contribution in [0.1, 0.15) is 0 Å². The molecule has 0 aromatic carbocycles. The second-order valence-electron chi connectivity index (χ2n) is 0.448. The minimum atomic E-state index is -4.67. The Bertz CT molecular complexity index is 91.2. The summed E-state index contributed by atoms with van der Waals surface area (Å²) in [5, 5.41) is 7.00. The highest BCUT2D eigenvalue weighted by Gasteiger charge is 1.84. The van der Waals surface area contributed by atoms with Gasteiger partial charge in [-0.15, -0.1) is 0 Å². The molecule has 0 spiro atoms. The van der Waals surface area contributed by atoms with Gasteiger partial charge in [0.15, 0.2) is 0 Å². The standard InChI is InChI=1S/CH4O.H2O4S/c1-2;1-5(2,3)4/h2H,1H3;(H2,1,2,3,4). The van der Waals surface area contributed by atoms with Crippen LogP contribution in [0.3, 0.4) is 0 Å². The fourth-order valence-corrected chi connectivity index (χ4v) is 0. The van der Waals surface area contributed by atoms with E-state index in [0.717, 1.165) is 7.11 Å². The van der Waals surface area contributed by atoms with Crippen molar-refractivity contribution in [1.29, 1.82) is 0 Å². The van der Waals surface area contributed by atoms with E-state index in [9.17, 15) is 0 Å². The van der Waals surface area contributed by atoms with E-state index in [-0.39, 0.29) is 0 Å². The van der Waals surface area contributed by atoms with Gasteiger partial charge in [0, 0.05) is 7.11 Å². The predicted molar refractivity (Wildman–Crippen MR) is 22.3 cm³/mol. The molecule has 0 amide bonds. The van der Waals surface area contributed by atoms with Gasteiger partial charge in [-0.3, -0.25) is 9.11 Å². The van der Waals surface area contributed by atoms with E-state index in [1.165, 1.54) is 0 Å². The van der Waals surface area contributed by atoms with Crippen molar-refractivity contribution in [2.45, 2.75) is 0 Å². The van der Waals surface area contributed by atoms with Gasteiger partial charge in [0.05, 0.1) is 0 Å². The van der Waals surface area contributed by atoms with Crippen LogP contribution in [0.4, 0.5) is 0 Å². The first-order valence-corrected chi connectivity index (χ1v) is 2.54. The highest BCUT2D eigenvalue weighted by Crippen LogP contribution is 1.59. The molecule has 0 aromatic rings. The van der Waals surface area contributed by atoms with Crippen LogP contribution in [0, 0.1) is 0 Å². The molecule has 0 unspecified atom stereocenters. The lowest BCUT2D eigenvalue weighted by atomic mass is 11.8. The zero-order valence-electron chi connectivity index (χ0n) is 3.57. The van der Waals surface area contributed by atoms with E-state index < -0.39 is 10.4 Å². The van der Waals surface area contributed by atoms with Crippen molar-refractivity contribution in [2.75, 3.05) is 7.11 Å². The summed E-state index contributed by atoms with van der Waals surface area (Å²) in [5.41, 5.74) is 0. The molecule has 0 saturated heterocycles. The molecule has 0 bridgehead atoms. The van der Waals surface area contributed by atoms with E-state index in [1.54, 1.807) is 0 Å². The summed E-state index contributed by atoms with van der Waals surface area (Å²) in [6.07, 6.45) is 0. The minimum Gasteiger partial charge on any atom is -0.400 e. The summed E-state index contributed by atoms with van der Waals surface area (Å²) in [4.78, 5) is 0. The van der Waals surface area contributed by atoms with Crippen LogP contribution < -0.4 is 0 Å². The molecule has 0 heterocycles. The van der Waals surface area contributed by atoms with Crippen molar-refractivity contribution < 1.29 is 22.6 Å². The van der Waals surface area contributed by atoms with Crippen LogP contribution in [-0.2, 0) is 10.4 Å². The Morgan fingerprint density at radius 3 is 1.14 bits per heavy atom. The van der Waals surface area contributed by atoms with Crippen molar-refractivity contribution in [1.82, 2.24) is 0 Å². The maximum atomic E-state index is 8.74. The molecule has 0 atom stereocenters. The molecule has 0 aliphatic rings. The maximum absolute atomic E-state index is 8.74. The third kappa shape index (κ3) is 2960. The molecule has 0 fully saturated rings. The molecule has 5 nitrogen and oxygen atoms in total. The van der Waals surface area contributed by atoms with Gasteiger partial charge in [0.1, 0.15) is 0 Å². The second kappa shape index (κ2) is 4.00. The lowest BCUT2D eigenvalue weighted by Gasteiger charge is -1.68. The van der Waals surface area contributed by atoms with Crippen molar-refractivity contribution in [2.24, 2.45) is 0 Å². The van der Waals surface area contributed by atoms with Gasteiger partial charge in [-0.25, -0.2) is 0 Å². The van der Waals surface area contributed by atoms with Crippen LogP contribution in [-0.4, -0.2) is 29.7 Å². The Kier molecular flexibility index (Phi) is 5.69. The largest absolute Gasteiger partial charge is 0.400 e. The number of hydrogen-bond donors (Lipinski definition) is 3. The topological polar surface area (TPSA) is 94.8 Å².